The van der Waals surface area contributed by atoms with Gasteiger partial charge in [-0.3, -0.25) is 18.6 Å². The van der Waals surface area contributed by atoms with E-state index in [1.54, 1.807) is 0 Å². The minimum Gasteiger partial charge on any atom is -0.456 e. The van der Waals surface area contributed by atoms with Gasteiger partial charge in [-0.05, 0) is 76.7 Å². The van der Waals surface area contributed by atoms with E-state index in [0.29, 0.717) is 17.4 Å². The van der Waals surface area contributed by atoms with Gasteiger partial charge in [0.25, 0.3) is 0 Å². The lowest BCUT2D eigenvalue weighted by Gasteiger charge is -2.27. The highest BCUT2D eigenvalue weighted by molar-refractivity contribution is 7.47. The van der Waals surface area contributed by atoms with Crippen LogP contribution in [0.15, 0.2) is 60.8 Å². The molecule has 0 aliphatic heterocycles. The number of phosphoric ester groups is 1. The lowest BCUT2D eigenvalue weighted by atomic mass is 10.0. The molecule has 0 aromatic carbocycles. The minimum atomic E-state index is -4.45. The Labute approximate surface area is 464 Å². The maximum atomic E-state index is 13.5. The molecule has 3 unspecified atom stereocenters. The SMILES string of the molecule is CCCCC/C=C\C/C=C\C/C=C\C/C=C\CCCCCCCCCCCC(=O)OC(/C=C\CCCCCCCCCCCCC)C(COP(=O)(O)OCC[N+](C)(C)C)NC(=O)CCCCCCCCCCCCC. The zero-order chi connectivity index (χ0) is 55.0. The summed E-state index contributed by atoms with van der Waals surface area (Å²) >= 11 is 0. The van der Waals surface area contributed by atoms with Crippen LogP contribution in [-0.2, 0) is 27.9 Å². The van der Waals surface area contributed by atoms with Crippen LogP contribution in [0.4, 0.5) is 0 Å². The van der Waals surface area contributed by atoms with E-state index in [4.69, 9.17) is 13.8 Å². The van der Waals surface area contributed by atoms with Crippen molar-refractivity contribution in [2.45, 2.75) is 303 Å². The van der Waals surface area contributed by atoms with Gasteiger partial charge >= 0.3 is 13.8 Å². The number of nitrogens with one attached hydrogen (secondary N) is 1. The Morgan fingerprint density at radius 3 is 1.24 bits per heavy atom. The Bertz CT molecular complexity index is 1470. The first-order valence-corrected chi connectivity index (χ1v) is 33.1. The van der Waals surface area contributed by atoms with Gasteiger partial charge in [0.05, 0.1) is 33.8 Å². The first kappa shape index (κ1) is 72.7. The Morgan fingerprint density at radius 2 is 0.813 bits per heavy atom. The molecule has 0 aromatic heterocycles. The van der Waals surface area contributed by atoms with Gasteiger partial charge in [-0.2, -0.15) is 0 Å². The van der Waals surface area contributed by atoms with Gasteiger partial charge in [0.15, 0.2) is 0 Å². The predicted octanol–water partition coefficient (Wildman–Crippen LogP) is 19.4. The summed E-state index contributed by atoms with van der Waals surface area (Å²) in [6.07, 6.45) is 69.3. The van der Waals surface area contributed by atoms with Crippen LogP contribution in [-0.4, -0.2) is 74.3 Å². The van der Waals surface area contributed by atoms with E-state index < -0.39 is 20.0 Å². The number of carbonyl (C=O) groups is 2. The summed E-state index contributed by atoms with van der Waals surface area (Å²) in [5.74, 6) is -0.506. The van der Waals surface area contributed by atoms with Crippen LogP contribution in [0.1, 0.15) is 290 Å². The van der Waals surface area contributed by atoms with Crippen LogP contribution in [0.3, 0.4) is 0 Å². The first-order valence-electron chi connectivity index (χ1n) is 31.6. The number of quaternary nitrogens is 1. The molecule has 0 aliphatic rings. The van der Waals surface area contributed by atoms with Gasteiger partial charge in [-0.15, -0.1) is 0 Å². The summed E-state index contributed by atoms with van der Waals surface area (Å²) in [5, 5.41) is 3.05. The van der Waals surface area contributed by atoms with Crippen LogP contribution < -0.4 is 5.32 Å². The van der Waals surface area contributed by atoms with Crippen molar-refractivity contribution in [3.05, 3.63) is 60.8 Å². The van der Waals surface area contributed by atoms with E-state index in [1.165, 1.54) is 173 Å². The minimum absolute atomic E-state index is 0.0394. The Balaban J connectivity index is 5.13. The molecule has 9 nitrogen and oxygen atoms in total. The van der Waals surface area contributed by atoms with E-state index >= 15 is 0 Å². The fourth-order valence-electron chi connectivity index (χ4n) is 9.04. The van der Waals surface area contributed by atoms with Gasteiger partial charge in [0.2, 0.25) is 5.91 Å². The standard InChI is InChI=1S/C65H121N2O7P/c1-7-10-13-16-19-22-25-27-28-29-30-31-32-33-34-35-36-37-38-40-43-46-49-52-55-58-65(69)74-63(56-53-50-47-44-42-39-26-23-20-17-14-11-8-2)62(61-73-75(70,71)72-60-59-67(4,5)6)66-64(68)57-54-51-48-45-41-24-21-18-15-12-9-3/h19,22,27-28,30-31,33-34,53,56,62-63H,7-18,20-21,23-26,29,32,35-52,54-55,57-61H2,1-6H3,(H-,66,68,70,71)/p+1/b22-19-,28-27-,31-30-,34-33-,56-53-. The third kappa shape index (κ3) is 56.2. The molecular formula is C65H122N2O7P+. The number of nitrogens with zero attached hydrogens (tertiary/aromatic N) is 1. The third-order valence-electron chi connectivity index (χ3n) is 14.0. The molecule has 2 N–H and O–H groups in total. The normalized spacial score (nSPS) is 14.1. The van der Waals surface area contributed by atoms with Crippen molar-refractivity contribution in [3.8, 4) is 0 Å². The summed E-state index contributed by atoms with van der Waals surface area (Å²) < 4.78 is 30.7. The van der Waals surface area contributed by atoms with Crippen molar-refractivity contribution in [1.82, 2.24) is 5.32 Å². The van der Waals surface area contributed by atoms with Crippen LogP contribution in [0.25, 0.3) is 0 Å². The molecular weight excluding hydrogens is 952 g/mol. The number of rotatable bonds is 57. The van der Waals surface area contributed by atoms with Crippen LogP contribution >= 0.6 is 7.82 Å². The van der Waals surface area contributed by atoms with Gasteiger partial charge in [0, 0.05) is 12.8 Å². The number of hydrogen-bond acceptors (Lipinski definition) is 6. The second-order valence-corrected chi connectivity index (χ2v) is 24.0. The number of likely N-dealkylation sites (N-methyl/N-ethyl adjacent to an activating group) is 1. The van der Waals surface area contributed by atoms with Crippen molar-refractivity contribution < 1.29 is 37.3 Å². The Kier molecular flexibility index (Phi) is 53.4. The lowest BCUT2D eigenvalue weighted by molar-refractivity contribution is -0.870. The molecule has 438 valence electrons. The molecule has 0 spiro atoms. The number of amides is 1. The molecule has 0 radical (unpaired) electrons. The highest BCUT2D eigenvalue weighted by Gasteiger charge is 2.30. The summed E-state index contributed by atoms with van der Waals surface area (Å²) in [5.41, 5.74) is 0. The van der Waals surface area contributed by atoms with Crippen molar-refractivity contribution in [1.29, 1.82) is 0 Å². The fraction of sp³-hybridized carbons (Fsp3) is 0.815. The smallest absolute Gasteiger partial charge is 0.456 e. The third-order valence-corrected chi connectivity index (χ3v) is 14.9. The molecule has 3 atom stereocenters. The first-order chi connectivity index (χ1) is 36.4. The number of hydrogen-bond donors (Lipinski definition) is 2. The molecule has 1 amide bonds. The lowest BCUT2D eigenvalue weighted by Crippen LogP contribution is -2.47. The maximum Gasteiger partial charge on any atom is 0.472 e. The molecule has 0 heterocycles. The largest absolute Gasteiger partial charge is 0.472 e. The Morgan fingerprint density at radius 1 is 0.467 bits per heavy atom. The molecule has 10 heteroatoms. The van der Waals surface area contributed by atoms with Gasteiger partial charge < -0.3 is 19.4 Å². The zero-order valence-electron chi connectivity index (χ0n) is 50.0. The van der Waals surface area contributed by atoms with E-state index in [-0.39, 0.29) is 31.5 Å². The fourth-order valence-corrected chi connectivity index (χ4v) is 9.78. The van der Waals surface area contributed by atoms with Crippen molar-refractivity contribution in [3.63, 3.8) is 0 Å². The monoisotopic (exact) mass is 1070 g/mol. The Hall–Kier alpha value is -2.29. The van der Waals surface area contributed by atoms with Crippen molar-refractivity contribution in [2.24, 2.45) is 0 Å². The van der Waals surface area contributed by atoms with Crippen LogP contribution in [0, 0.1) is 0 Å². The highest BCUT2D eigenvalue weighted by Crippen LogP contribution is 2.43. The number of esters is 1. The topological polar surface area (TPSA) is 111 Å². The second kappa shape index (κ2) is 55.0. The van der Waals surface area contributed by atoms with Gasteiger partial charge in [0.1, 0.15) is 19.3 Å². The number of unbranched alkanes of at least 4 members (excludes halogenated alkanes) is 33. The van der Waals surface area contributed by atoms with Crippen molar-refractivity contribution >= 4 is 19.7 Å². The number of phosphoric acid groups is 1. The van der Waals surface area contributed by atoms with Crippen LogP contribution in [0.5, 0.6) is 0 Å². The summed E-state index contributed by atoms with van der Waals surface area (Å²) in [7, 11) is 1.50. The maximum absolute atomic E-state index is 13.5. The summed E-state index contributed by atoms with van der Waals surface area (Å²) in [4.78, 5) is 37.7. The molecule has 0 saturated carbocycles. The molecule has 0 aliphatic carbocycles. The summed E-state index contributed by atoms with van der Waals surface area (Å²) in [6.45, 7) is 6.99. The molecule has 0 aromatic rings. The quantitative estimate of drug-likeness (QED) is 0.0205. The van der Waals surface area contributed by atoms with E-state index in [0.717, 1.165) is 83.5 Å². The molecule has 0 fully saturated rings. The summed E-state index contributed by atoms with van der Waals surface area (Å²) in [6, 6.07) is -0.848. The molecule has 0 saturated heterocycles. The highest BCUT2D eigenvalue weighted by atomic mass is 31.2. The van der Waals surface area contributed by atoms with E-state index in [9.17, 15) is 19.0 Å². The average molecular weight is 1070 g/mol. The number of carbonyl (C=O) groups excluding carboxylic acids is 2. The van der Waals surface area contributed by atoms with Gasteiger partial charge in [-0.1, -0.05) is 262 Å². The zero-order valence-corrected chi connectivity index (χ0v) is 50.9. The van der Waals surface area contributed by atoms with Crippen molar-refractivity contribution in [2.75, 3.05) is 40.9 Å². The van der Waals surface area contributed by atoms with Gasteiger partial charge in [-0.25, -0.2) is 4.57 Å². The average Bonchev–Trinajstić information content (AvgIpc) is 3.37. The van der Waals surface area contributed by atoms with Crippen LogP contribution in [0.2, 0.25) is 0 Å². The molecule has 0 rings (SSSR count). The second-order valence-electron chi connectivity index (χ2n) is 22.6. The number of ether oxygens (including phenoxy) is 1. The molecule has 75 heavy (non-hydrogen) atoms. The van der Waals surface area contributed by atoms with E-state index in [1.807, 2.05) is 33.3 Å². The predicted molar refractivity (Wildman–Crippen MR) is 323 cm³/mol. The number of allylic oxidation sites excluding steroid dienone is 9. The molecule has 0 bridgehead atoms. The van der Waals surface area contributed by atoms with E-state index in [2.05, 4.69) is 74.7 Å².